The summed E-state index contributed by atoms with van der Waals surface area (Å²) in [5.74, 6) is 0. The van der Waals surface area contributed by atoms with E-state index >= 15 is 0 Å². The smallest absolute Gasteiger partial charge is 0.0435 e. The summed E-state index contributed by atoms with van der Waals surface area (Å²) in [4.78, 5) is 2.68. The number of hydrogen-bond donors (Lipinski definition) is 0. The summed E-state index contributed by atoms with van der Waals surface area (Å²) in [6.07, 6.45) is 0. The van der Waals surface area contributed by atoms with E-state index in [1.54, 1.807) is 0 Å². The standard InChI is InChI=1S/C36H24S/c1-36(25-12-3-2-4-13-25)30-17-7-5-15-28(30)35-26(16-10-18-31(35)36)24-21-23-11-9-20-33-34(23)29(22-24)27-14-6-8-19-32(27)37-33/h2-22H,1H3. The first-order valence-corrected chi connectivity index (χ1v) is 13.7. The van der Waals surface area contributed by atoms with E-state index < -0.39 is 0 Å². The molecule has 2 aliphatic rings. The Kier molecular flexibility index (Phi) is 4.39. The van der Waals surface area contributed by atoms with E-state index in [-0.39, 0.29) is 5.41 Å². The van der Waals surface area contributed by atoms with Crippen LogP contribution in [0.3, 0.4) is 0 Å². The van der Waals surface area contributed by atoms with Crippen molar-refractivity contribution in [3.63, 3.8) is 0 Å². The molecule has 1 aliphatic carbocycles. The second-order valence-electron chi connectivity index (χ2n) is 10.2. The highest BCUT2D eigenvalue weighted by molar-refractivity contribution is 7.99. The van der Waals surface area contributed by atoms with Crippen molar-refractivity contribution in [2.45, 2.75) is 22.1 Å². The van der Waals surface area contributed by atoms with Crippen LogP contribution in [0.5, 0.6) is 0 Å². The van der Waals surface area contributed by atoms with Gasteiger partial charge in [-0.15, -0.1) is 0 Å². The Morgan fingerprint density at radius 1 is 0.514 bits per heavy atom. The number of hydrogen-bond acceptors (Lipinski definition) is 1. The van der Waals surface area contributed by atoms with Crippen LogP contribution in [-0.2, 0) is 5.41 Å². The van der Waals surface area contributed by atoms with Gasteiger partial charge in [0, 0.05) is 20.6 Å². The second-order valence-corrected chi connectivity index (χ2v) is 11.3. The van der Waals surface area contributed by atoms with Gasteiger partial charge in [-0.05, 0) is 86.6 Å². The molecule has 1 aliphatic heterocycles. The van der Waals surface area contributed by atoms with E-state index in [2.05, 4.69) is 134 Å². The Bertz CT molecular complexity index is 1860. The van der Waals surface area contributed by atoms with Gasteiger partial charge in [0.25, 0.3) is 0 Å². The molecule has 174 valence electrons. The Balaban J connectivity index is 1.44. The molecule has 37 heavy (non-hydrogen) atoms. The summed E-state index contributed by atoms with van der Waals surface area (Å²) in [7, 11) is 0. The molecule has 0 spiro atoms. The lowest BCUT2D eigenvalue weighted by Gasteiger charge is -2.28. The lowest BCUT2D eigenvalue weighted by atomic mass is 9.74. The average molecular weight is 489 g/mol. The first kappa shape index (κ1) is 21.1. The van der Waals surface area contributed by atoms with E-state index in [4.69, 9.17) is 0 Å². The van der Waals surface area contributed by atoms with E-state index in [0.717, 1.165) is 0 Å². The van der Waals surface area contributed by atoms with Crippen LogP contribution in [0.4, 0.5) is 0 Å². The number of fused-ring (bicyclic) bond motifs is 5. The van der Waals surface area contributed by atoms with Gasteiger partial charge in [0.15, 0.2) is 0 Å². The van der Waals surface area contributed by atoms with Gasteiger partial charge in [0.05, 0.1) is 0 Å². The third-order valence-corrected chi connectivity index (χ3v) is 9.47. The molecule has 0 radical (unpaired) electrons. The highest BCUT2D eigenvalue weighted by atomic mass is 32.2. The molecule has 1 unspecified atom stereocenters. The maximum Gasteiger partial charge on any atom is 0.0435 e. The summed E-state index contributed by atoms with van der Waals surface area (Å²) in [5.41, 5.74) is 11.9. The van der Waals surface area contributed by atoms with Gasteiger partial charge in [-0.25, -0.2) is 0 Å². The maximum absolute atomic E-state index is 2.43. The molecule has 1 heteroatoms. The predicted molar refractivity (Wildman–Crippen MR) is 156 cm³/mol. The molecule has 0 N–H and O–H groups in total. The van der Waals surface area contributed by atoms with Crippen molar-refractivity contribution < 1.29 is 0 Å². The molecule has 6 aromatic rings. The van der Waals surface area contributed by atoms with Gasteiger partial charge >= 0.3 is 0 Å². The number of rotatable bonds is 2. The summed E-state index contributed by atoms with van der Waals surface area (Å²) >= 11 is 1.88. The fourth-order valence-corrected chi connectivity index (χ4v) is 7.76. The zero-order chi connectivity index (χ0) is 24.6. The molecule has 1 atom stereocenters. The highest BCUT2D eigenvalue weighted by Gasteiger charge is 2.41. The van der Waals surface area contributed by atoms with E-state index in [1.165, 1.54) is 70.6 Å². The van der Waals surface area contributed by atoms with Gasteiger partial charge < -0.3 is 0 Å². The van der Waals surface area contributed by atoms with Crippen molar-refractivity contribution in [2.75, 3.05) is 0 Å². The average Bonchev–Trinajstić information content (AvgIpc) is 3.23. The number of benzene rings is 6. The molecule has 0 aromatic heterocycles. The predicted octanol–water partition coefficient (Wildman–Crippen LogP) is 9.97. The zero-order valence-electron chi connectivity index (χ0n) is 20.5. The Labute approximate surface area is 221 Å². The van der Waals surface area contributed by atoms with Crippen LogP contribution in [0, 0.1) is 0 Å². The van der Waals surface area contributed by atoms with E-state index in [0.29, 0.717) is 0 Å². The van der Waals surface area contributed by atoms with Crippen LogP contribution < -0.4 is 0 Å². The minimum atomic E-state index is -0.190. The van der Waals surface area contributed by atoms with Crippen molar-refractivity contribution in [3.8, 4) is 33.4 Å². The summed E-state index contributed by atoms with van der Waals surface area (Å²) in [5, 5.41) is 2.68. The third-order valence-electron chi connectivity index (χ3n) is 8.34. The quantitative estimate of drug-likeness (QED) is 0.233. The molecule has 0 saturated carbocycles. The monoisotopic (exact) mass is 488 g/mol. The van der Waals surface area contributed by atoms with Gasteiger partial charge in [0.1, 0.15) is 0 Å². The van der Waals surface area contributed by atoms with Crippen molar-refractivity contribution >= 4 is 22.5 Å². The minimum absolute atomic E-state index is 0.190. The summed E-state index contributed by atoms with van der Waals surface area (Å²) < 4.78 is 0. The Morgan fingerprint density at radius 3 is 2.08 bits per heavy atom. The summed E-state index contributed by atoms with van der Waals surface area (Å²) in [6.45, 7) is 2.39. The fraction of sp³-hybridized carbons (Fsp3) is 0.0556. The second kappa shape index (κ2) is 7.71. The highest BCUT2D eigenvalue weighted by Crippen LogP contribution is 2.56. The fourth-order valence-electron chi connectivity index (χ4n) is 6.61. The van der Waals surface area contributed by atoms with Gasteiger partial charge in [-0.2, -0.15) is 0 Å². The largest absolute Gasteiger partial charge is 0.0888 e. The van der Waals surface area contributed by atoms with Gasteiger partial charge in [-0.3, -0.25) is 0 Å². The molecule has 0 bridgehead atoms. The van der Waals surface area contributed by atoms with Gasteiger partial charge in [0.2, 0.25) is 0 Å². The van der Waals surface area contributed by atoms with Crippen LogP contribution in [0.2, 0.25) is 0 Å². The topological polar surface area (TPSA) is 0 Å². The van der Waals surface area contributed by atoms with E-state index in [1.807, 2.05) is 11.8 Å². The van der Waals surface area contributed by atoms with Crippen LogP contribution >= 0.6 is 11.8 Å². The minimum Gasteiger partial charge on any atom is -0.0888 e. The van der Waals surface area contributed by atoms with Crippen LogP contribution in [-0.4, -0.2) is 0 Å². The van der Waals surface area contributed by atoms with Crippen molar-refractivity contribution in [2.24, 2.45) is 0 Å². The van der Waals surface area contributed by atoms with Gasteiger partial charge in [-0.1, -0.05) is 115 Å². The first-order valence-electron chi connectivity index (χ1n) is 12.9. The van der Waals surface area contributed by atoms with Crippen molar-refractivity contribution in [3.05, 3.63) is 144 Å². The molecule has 0 amide bonds. The zero-order valence-corrected chi connectivity index (χ0v) is 21.3. The molecule has 0 nitrogen and oxygen atoms in total. The molecular formula is C36H24S. The third kappa shape index (κ3) is 2.86. The first-order chi connectivity index (χ1) is 18.2. The molecule has 0 saturated heterocycles. The van der Waals surface area contributed by atoms with Crippen molar-refractivity contribution in [1.82, 2.24) is 0 Å². The van der Waals surface area contributed by atoms with Crippen LogP contribution in [0.15, 0.2) is 137 Å². The maximum atomic E-state index is 2.43. The molecule has 0 fully saturated rings. The van der Waals surface area contributed by atoms with Crippen LogP contribution in [0.25, 0.3) is 44.2 Å². The molecule has 1 heterocycles. The molecule has 8 rings (SSSR count). The molecule has 6 aromatic carbocycles. The van der Waals surface area contributed by atoms with E-state index in [9.17, 15) is 0 Å². The lowest BCUT2D eigenvalue weighted by Crippen LogP contribution is -2.22. The molecular weight excluding hydrogens is 464 g/mol. The normalized spacial score (nSPS) is 16.8. The lowest BCUT2D eigenvalue weighted by molar-refractivity contribution is 0.714. The van der Waals surface area contributed by atoms with Crippen molar-refractivity contribution in [1.29, 1.82) is 0 Å². The Morgan fingerprint density at radius 2 is 1.19 bits per heavy atom. The summed E-state index contributed by atoms with van der Waals surface area (Å²) in [6, 6.07) is 47.2. The van der Waals surface area contributed by atoms with Crippen LogP contribution in [0.1, 0.15) is 23.6 Å². The Hall–Kier alpha value is -4.07. The SMILES string of the molecule is CC1(c2ccccc2)c2ccccc2-c2c(-c3cc4c5c(cccc5c3)Sc3ccccc3-4)cccc21.